The standard InChI is InChI=1S/C19H23NO4/c21-12-10-20-11-13-24-19(22,15-20)17-6-8-18(9-7-17)23-14-16-4-2-1-3-5-16/h1-9,21-22H,10-15H2. The SMILES string of the molecule is OCCN1CCOC(O)(c2ccc(OCc3ccccc3)cc2)C1. The predicted molar refractivity (Wildman–Crippen MR) is 90.6 cm³/mol. The molecule has 1 atom stereocenters. The summed E-state index contributed by atoms with van der Waals surface area (Å²) in [6, 6.07) is 17.3. The van der Waals surface area contributed by atoms with Gasteiger partial charge in [0.25, 0.3) is 0 Å². The fraction of sp³-hybridized carbons (Fsp3) is 0.368. The quantitative estimate of drug-likeness (QED) is 0.845. The maximum Gasteiger partial charge on any atom is 0.205 e. The van der Waals surface area contributed by atoms with Gasteiger partial charge in [0, 0.05) is 18.7 Å². The Morgan fingerprint density at radius 2 is 1.83 bits per heavy atom. The van der Waals surface area contributed by atoms with E-state index in [2.05, 4.69) is 0 Å². The Balaban J connectivity index is 1.63. The molecule has 1 heterocycles. The maximum atomic E-state index is 10.8. The van der Waals surface area contributed by atoms with Crippen molar-refractivity contribution < 1.29 is 19.7 Å². The highest BCUT2D eigenvalue weighted by atomic mass is 16.6. The van der Waals surface area contributed by atoms with Gasteiger partial charge in [0.15, 0.2) is 0 Å². The van der Waals surface area contributed by atoms with Crippen molar-refractivity contribution in [2.24, 2.45) is 0 Å². The zero-order valence-corrected chi connectivity index (χ0v) is 13.6. The third-order valence-electron chi connectivity index (χ3n) is 4.16. The van der Waals surface area contributed by atoms with Crippen LogP contribution >= 0.6 is 0 Å². The van der Waals surface area contributed by atoms with Crippen LogP contribution in [-0.4, -0.2) is 48.0 Å². The molecule has 0 bridgehead atoms. The van der Waals surface area contributed by atoms with Gasteiger partial charge < -0.3 is 19.7 Å². The number of β-amino-alcohol motifs (C(OH)–C–C–N with tert-alkyl or cyclic N) is 2. The number of aliphatic hydroxyl groups is 2. The summed E-state index contributed by atoms with van der Waals surface area (Å²) in [5.74, 6) is -0.597. The van der Waals surface area contributed by atoms with E-state index in [1.54, 1.807) is 0 Å². The molecular formula is C19H23NO4. The monoisotopic (exact) mass is 329 g/mol. The molecule has 2 aromatic carbocycles. The van der Waals surface area contributed by atoms with E-state index in [-0.39, 0.29) is 6.61 Å². The van der Waals surface area contributed by atoms with Gasteiger partial charge >= 0.3 is 0 Å². The van der Waals surface area contributed by atoms with E-state index in [9.17, 15) is 5.11 Å². The van der Waals surface area contributed by atoms with Crippen LogP contribution in [0.2, 0.25) is 0 Å². The fourth-order valence-corrected chi connectivity index (χ4v) is 2.83. The summed E-state index contributed by atoms with van der Waals surface area (Å²) in [6.07, 6.45) is 0. The molecule has 0 amide bonds. The van der Waals surface area contributed by atoms with Crippen molar-refractivity contribution in [3.8, 4) is 5.75 Å². The van der Waals surface area contributed by atoms with Gasteiger partial charge in [-0.3, -0.25) is 4.90 Å². The molecule has 3 rings (SSSR count). The Morgan fingerprint density at radius 3 is 2.54 bits per heavy atom. The van der Waals surface area contributed by atoms with Crippen molar-refractivity contribution >= 4 is 0 Å². The van der Waals surface area contributed by atoms with Gasteiger partial charge in [-0.05, 0) is 29.8 Å². The summed E-state index contributed by atoms with van der Waals surface area (Å²) in [7, 11) is 0. The topological polar surface area (TPSA) is 62.2 Å². The number of ether oxygens (including phenoxy) is 2. The molecule has 2 aromatic rings. The molecular weight excluding hydrogens is 306 g/mol. The van der Waals surface area contributed by atoms with Crippen LogP contribution in [0.25, 0.3) is 0 Å². The molecule has 0 aliphatic carbocycles. The van der Waals surface area contributed by atoms with Crippen LogP contribution in [0.3, 0.4) is 0 Å². The molecule has 1 unspecified atom stereocenters. The van der Waals surface area contributed by atoms with Crippen LogP contribution < -0.4 is 4.74 Å². The number of aliphatic hydroxyl groups excluding tert-OH is 1. The van der Waals surface area contributed by atoms with E-state index in [0.717, 1.165) is 11.3 Å². The van der Waals surface area contributed by atoms with Gasteiger partial charge in [0.05, 0.1) is 19.8 Å². The highest BCUT2D eigenvalue weighted by molar-refractivity contribution is 5.30. The average molecular weight is 329 g/mol. The Morgan fingerprint density at radius 1 is 1.08 bits per heavy atom. The molecule has 1 saturated heterocycles. The van der Waals surface area contributed by atoms with Crippen LogP contribution in [0.1, 0.15) is 11.1 Å². The normalized spacial score (nSPS) is 21.6. The van der Waals surface area contributed by atoms with E-state index in [0.29, 0.717) is 38.4 Å². The van der Waals surface area contributed by atoms with Gasteiger partial charge in [-0.1, -0.05) is 30.3 Å². The summed E-state index contributed by atoms with van der Waals surface area (Å²) in [4.78, 5) is 1.99. The van der Waals surface area contributed by atoms with Gasteiger partial charge in [-0.25, -0.2) is 0 Å². The number of nitrogens with zero attached hydrogens (tertiary/aromatic N) is 1. The molecule has 0 saturated carbocycles. The Kier molecular flexibility index (Phi) is 5.48. The van der Waals surface area contributed by atoms with E-state index >= 15 is 0 Å². The largest absolute Gasteiger partial charge is 0.489 e. The first kappa shape index (κ1) is 16.9. The summed E-state index contributed by atoms with van der Waals surface area (Å²) < 4.78 is 11.3. The zero-order chi connectivity index (χ0) is 16.8. The molecule has 1 fully saturated rings. The maximum absolute atomic E-state index is 10.8. The lowest BCUT2D eigenvalue weighted by atomic mass is 10.0. The lowest BCUT2D eigenvalue weighted by Gasteiger charge is -2.39. The molecule has 0 radical (unpaired) electrons. The van der Waals surface area contributed by atoms with Gasteiger partial charge in [0.1, 0.15) is 12.4 Å². The third-order valence-corrected chi connectivity index (χ3v) is 4.16. The summed E-state index contributed by atoms with van der Waals surface area (Å²) in [6.45, 7) is 2.60. The molecule has 2 N–H and O–H groups in total. The molecule has 0 spiro atoms. The predicted octanol–water partition coefficient (Wildman–Crippen LogP) is 1.74. The van der Waals surface area contributed by atoms with E-state index in [1.807, 2.05) is 59.5 Å². The first-order valence-electron chi connectivity index (χ1n) is 8.16. The minimum Gasteiger partial charge on any atom is -0.489 e. The smallest absolute Gasteiger partial charge is 0.205 e. The van der Waals surface area contributed by atoms with Gasteiger partial charge in [-0.15, -0.1) is 0 Å². The summed E-state index contributed by atoms with van der Waals surface area (Å²) in [5, 5.41) is 19.8. The number of hydrogen-bond donors (Lipinski definition) is 2. The Labute approximate surface area is 142 Å². The highest BCUT2D eigenvalue weighted by Gasteiger charge is 2.36. The number of rotatable bonds is 6. The molecule has 128 valence electrons. The van der Waals surface area contributed by atoms with E-state index in [4.69, 9.17) is 14.6 Å². The average Bonchev–Trinajstić information content (AvgIpc) is 2.62. The van der Waals surface area contributed by atoms with Crippen LogP contribution in [0.15, 0.2) is 54.6 Å². The third kappa shape index (κ3) is 4.13. The second-order valence-electron chi connectivity index (χ2n) is 5.93. The molecule has 1 aliphatic heterocycles. The molecule has 5 heteroatoms. The zero-order valence-electron chi connectivity index (χ0n) is 13.6. The van der Waals surface area contributed by atoms with Gasteiger partial charge in [0.2, 0.25) is 5.79 Å². The van der Waals surface area contributed by atoms with Crippen LogP contribution in [0, 0.1) is 0 Å². The van der Waals surface area contributed by atoms with Crippen LogP contribution in [-0.2, 0) is 17.1 Å². The Hall–Kier alpha value is -1.92. The first-order chi connectivity index (χ1) is 11.7. The second kappa shape index (κ2) is 7.77. The number of morpholine rings is 1. The minimum atomic E-state index is -1.34. The number of benzene rings is 2. The lowest BCUT2D eigenvalue weighted by Crippen LogP contribution is -2.50. The second-order valence-corrected chi connectivity index (χ2v) is 5.93. The molecule has 0 aromatic heterocycles. The lowest BCUT2D eigenvalue weighted by molar-refractivity contribution is -0.248. The van der Waals surface area contributed by atoms with E-state index < -0.39 is 5.79 Å². The van der Waals surface area contributed by atoms with Crippen molar-refractivity contribution in [2.45, 2.75) is 12.4 Å². The molecule has 24 heavy (non-hydrogen) atoms. The van der Waals surface area contributed by atoms with E-state index in [1.165, 1.54) is 0 Å². The molecule has 1 aliphatic rings. The van der Waals surface area contributed by atoms with Crippen LogP contribution in [0.4, 0.5) is 0 Å². The Bertz CT molecular complexity index is 630. The van der Waals surface area contributed by atoms with Crippen molar-refractivity contribution in [1.29, 1.82) is 0 Å². The van der Waals surface area contributed by atoms with Crippen molar-refractivity contribution in [2.75, 3.05) is 32.8 Å². The molecule has 5 nitrogen and oxygen atoms in total. The summed E-state index contributed by atoms with van der Waals surface area (Å²) in [5.41, 5.74) is 1.80. The van der Waals surface area contributed by atoms with Crippen molar-refractivity contribution in [3.05, 3.63) is 65.7 Å². The fourth-order valence-electron chi connectivity index (χ4n) is 2.83. The number of hydrogen-bond acceptors (Lipinski definition) is 5. The van der Waals surface area contributed by atoms with Crippen molar-refractivity contribution in [1.82, 2.24) is 4.90 Å². The summed E-state index contributed by atoms with van der Waals surface area (Å²) >= 11 is 0. The van der Waals surface area contributed by atoms with Gasteiger partial charge in [-0.2, -0.15) is 0 Å². The van der Waals surface area contributed by atoms with Crippen LogP contribution in [0.5, 0.6) is 5.75 Å². The van der Waals surface area contributed by atoms with Crippen molar-refractivity contribution in [3.63, 3.8) is 0 Å². The highest BCUT2D eigenvalue weighted by Crippen LogP contribution is 2.28. The first-order valence-corrected chi connectivity index (χ1v) is 8.16. The minimum absolute atomic E-state index is 0.0718.